The number of hydrogen-bond acceptors (Lipinski definition) is 5. The Morgan fingerprint density at radius 2 is 2.09 bits per heavy atom. The lowest BCUT2D eigenvalue weighted by atomic mass is 10.0. The third-order valence-corrected chi connectivity index (χ3v) is 4.28. The van der Waals surface area contributed by atoms with E-state index in [2.05, 4.69) is 5.10 Å². The first kappa shape index (κ1) is 15.2. The van der Waals surface area contributed by atoms with Crippen LogP contribution in [-0.2, 0) is 0 Å². The van der Waals surface area contributed by atoms with E-state index in [0.717, 1.165) is 25.9 Å². The smallest absolute Gasteiger partial charge is 0.293 e. The number of benzene rings is 1. The van der Waals surface area contributed by atoms with Crippen LogP contribution in [0, 0.1) is 10.1 Å². The minimum absolute atomic E-state index is 0.00441. The number of ketones is 1. The molecule has 23 heavy (non-hydrogen) atoms. The standard InChI is InChI=1S/C16H18N4O3/c1-12(21)13-3-4-15(16(11-13)20(22)23)18-9-5-14(6-10-18)19-8-2-7-17-19/h2-4,7-8,11,14H,5-6,9-10H2,1H3. The van der Waals surface area contributed by atoms with E-state index < -0.39 is 4.92 Å². The van der Waals surface area contributed by atoms with Crippen LogP contribution in [0.3, 0.4) is 0 Å². The second-order valence-electron chi connectivity index (χ2n) is 5.72. The van der Waals surface area contributed by atoms with Crippen molar-refractivity contribution in [2.45, 2.75) is 25.8 Å². The predicted octanol–water partition coefficient (Wildman–Crippen LogP) is 2.84. The molecule has 0 bridgehead atoms. The van der Waals surface area contributed by atoms with Gasteiger partial charge in [0.2, 0.25) is 0 Å². The van der Waals surface area contributed by atoms with Crippen LogP contribution < -0.4 is 4.90 Å². The average Bonchev–Trinajstić information content (AvgIpc) is 3.09. The van der Waals surface area contributed by atoms with Crippen LogP contribution in [-0.4, -0.2) is 33.6 Å². The number of aromatic nitrogens is 2. The molecule has 7 heteroatoms. The van der Waals surface area contributed by atoms with Gasteiger partial charge in [-0.2, -0.15) is 5.10 Å². The first-order valence-electron chi connectivity index (χ1n) is 7.59. The Morgan fingerprint density at radius 1 is 1.35 bits per heavy atom. The maximum atomic E-state index is 11.4. The SMILES string of the molecule is CC(=O)c1ccc(N2CCC(n3cccn3)CC2)c([N+](=O)[O-])c1. The predicted molar refractivity (Wildman–Crippen MR) is 85.8 cm³/mol. The summed E-state index contributed by atoms with van der Waals surface area (Å²) in [6.07, 6.45) is 5.47. The monoisotopic (exact) mass is 314 g/mol. The molecule has 1 aliphatic rings. The van der Waals surface area contributed by atoms with Crippen molar-refractivity contribution in [2.24, 2.45) is 0 Å². The molecule has 0 spiro atoms. The van der Waals surface area contributed by atoms with Crippen LogP contribution in [0.15, 0.2) is 36.7 Å². The Bertz CT molecular complexity index is 719. The van der Waals surface area contributed by atoms with Gasteiger partial charge in [-0.15, -0.1) is 0 Å². The molecule has 3 rings (SSSR count). The minimum atomic E-state index is -0.415. The largest absolute Gasteiger partial charge is 0.366 e. The fourth-order valence-electron chi connectivity index (χ4n) is 3.02. The summed E-state index contributed by atoms with van der Waals surface area (Å²) < 4.78 is 1.95. The molecule has 0 amide bonds. The molecule has 1 fully saturated rings. The third kappa shape index (κ3) is 3.08. The van der Waals surface area contributed by atoms with E-state index in [9.17, 15) is 14.9 Å². The molecular weight excluding hydrogens is 296 g/mol. The van der Waals surface area contributed by atoms with Crippen molar-refractivity contribution >= 4 is 17.2 Å². The summed E-state index contributed by atoms with van der Waals surface area (Å²) in [6.45, 7) is 2.86. The van der Waals surface area contributed by atoms with Crippen LogP contribution in [0.2, 0.25) is 0 Å². The number of Topliss-reactive ketones (excluding diaryl/α,β-unsaturated/α-hetero) is 1. The zero-order valence-electron chi connectivity index (χ0n) is 12.9. The summed E-state index contributed by atoms with van der Waals surface area (Å²) in [5.74, 6) is -0.169. The van der Waals surface area contributed by atoms with E-state index in [0.29, 0.717) is 17.3 Å². The van der Waals surface area contributed by atoms with Gasteiger partial charge in [0, 0.05) is 37.1 Å². The molecule has 7 nitrogen and oxygen atoms in total. The van der Waals surface area contributed by atoms with Crippen molar-refractivity contribution in [3.63, 3.8) is 0 Å². The van der Waals surface area contributed by atoms with Crippen molar-refractivity contribution in [1.82, 2.24) is 9.78 Å². The summed E-state index contributed by atoms with van der Waals surface area (Å²) >= 11 is 0. The molecule has 2 aromatic rings. The van der Waals surface area contributed by atoms with E-state index in [-0.39, 0.29) is 11.5 Å². The molecule has 0 atom stereocenters. The normalized spacial score (nSPS) is 15.6. The molecule has 1 saturated heterocycles. The van der Waals surface area contributed by atoms with E-state index in [1.165, 1.54) is 13.0 Å². The molecule has 0 radical (unpaired) electrons. The van der Waals surface area contributed by atoms with Gasteiger partial charge >= 0.3 is 0 Å². The van der Waals surface area contributed by atoms with E-state index in [1.54, 1.807) is 18.3 Å². The van der Waals surface area contributed by atoms with Crippen LogP contribution in [0.1, 0.15) is 36.2 Å². The Morgan fingerprint density at radius 3 is 2.65 bits per heavy atom. The Labute approximate surface area is 133 Å². The number of carbonyl (C=O) groups is 1. The van der Waals surface area contributed by atoms with Crippen molar-refractivity contribution in [3.8, 4) is 0 Å². The van der Waals surface area contributed by atoms with Gasteiger partial charge in [-0.05, 0) is 38.0 Å². The second-order valence-corrected chi connectivity index (χ2v) is 5.72. The number of anilines is 1. The highest BCUT2D eigenvalue weighted by molar-refractivity contribution is 5.95. The van der Waals surface area contributed by atoms with Crippen LogP contribution in [0.5, 0.6) is 0 Å². The highest BCUT2D eigenvalue weighted by Gasteiger charge is 2.26. The average molecular weight is 314 g/mol. The molecular formula is C16H18N4O3. The summed E-state index contributed by atoms with van der Waals surface area (Å²) in [5.41, 5.74) is 0.945. The van der Waals surface area contributed by atoms with E-state index in [4.69, 9.17) is 0 Å². The quantitative estimate of drug-likeness (QED) is 0.492. The van der Waals surface area contributed by atoms with Crippen LogP contribution >= 0.6 is 0 Å². The number of nitrogens with zero attached hydrogens (tertiary/aromatic N) is 4. The number of hydrogen-bond donors (Lipinski definition) is 0. The van der Waals surface area contributed by atoms with Gasteiger partial charge in [-0.3, -0.25) is 19.6 Å². The van der Waals surface area contributed by atoms with Crippen LogP contribution in [0.25, 0.3) is 0 Å². The maximum Gasteiger partial charge on any atom is 0.293 e. The first-order chi connectivity index (χ1) is 11.1. The molecule has 0 saturated carbocycles. The lowest BCUT2D eigenvalue weighted by molar-refractivity contribution is -0.384. The Balaban J connectivity index is 1.80. The van der Waals surface area contributed by atoms with Crippen molar-refractivity contribution in [3.05, 3.63) is 52.3 Å². The fourth-order valence-corrected chi connectivity index (χ4v) is 3.02. The summed E-state index contributed by atoms with van der Waals surface area (Å²) in [4.78, 5) is 24.4. The number of carbonyl (C=O) groups excluding carboxylic acids is 1. The van der Waals surface area contributed by atoms with Gasteiger partial charge in [0.05, 0.1) is 11.0 Å². The highest BCUT2D eigenvalue weighted by Crippen LogP contribution is 2.33. The summed E-state index contributed by atoms with van der Waals surface area (Å²) in [7, 11) is 0. The van der Waals surface area contributed by atoms with Crippen molar-refractivity contribution in [2.75, 3.05) is 18.0 Å². The molecule has 0 aliphatic carbocycles. The molecule has 0 unspecified atom stereocenters. The van der Waals surface area contributed by atoms with Gasteiger partial charge in [0.25, 0.3) is 5.69 Å². The van der Waals surface area contributed by atoms with Gasteiger partial charge in [-0.25, -0.2) is 0 Å². The Kier molecular flexibility index (Phi) is 4.10. The lowest BCUT2D eigenvalue weighted by Gasteiger charge is -2.33. The Hall–Kier alpha value is -2.70. The maximum absolute atomic E-state index is 11.4. The van der Waals surface area contributed by atoms with Gasteiger partial charge in [0.1, 0.15) is 5.69 Å². The van der Waals surface area contributed by atoms with Crippen molar-refractivity contribution in [1.29, 1.82) is 0 Å². The van der Waals surface area contributed by atoms with Crippen LogP contribution in [0.4, 0.5) is 11.4 Å². The number of rotatable bonds is 4. The topological polar surface area (TPSA) is 81.3 Å². The lowest BCUT2D eigenvalue weighted by Crippen LogP contribution is -2.35. The third-order valence-electron chi connectivity index (χ3n) is 4.28. The number of nitro benzene ring substituents is 1. The molecule has 1 aromatic heterocycles. The van der Waals surface area contributed by atoms with Crippen molar-refractivity contribution < 1.29 is 9.72 Å². The summed E-state index contributed by atoms with van der Waals surface area (Å²) in [6, 6.07) is 6.94. The molecule has 120 valence electrons. The fraction of sp³-hybridized carbons (Fsp3) is 0.375. The van der Waals surface area contributed by atoms with Gasteiger partial charge in [0.15, 0.2) is 5.78 Å². The molecule has 2 heterocycles. The zero-order valence-corrected chi connectivity index (χ0v) is 12.9. The van der Waals surface area contributed by atoms with E-state index >= 15 is 0 Å². The van der Waals surface area contributed by atoms with Gasteiger partial charge in [-0.1, -0.05) is 0 Å². The number of piperidine rings is 1. The molecule has 1 aliphatic heterocycles. The van der Waals surface area contributed by atoms with E-state index in [1.807, 2.05) is 21.8 Å². The second kappa shape index (κ2) is 6.20. The minimum Gasteiger partial charge on any atom is -0.366 e. The first-order valence-corrected chi connectivity index (χ1v) is 7.59. The molecule has 0 N–H and O–H groups in total. The van der Waals surface area contributed by atoms with Gasteiger partial charge < -0.3 is 4.90 Å². The zero-order chi connectivity index (χ0) is 16.4. The highest BCUT2D eigenvalue weighted by atomic mass is 16.6. The summed E-state index contributed by atoms with van der Waals surface area (Å²) in [5, 5.41) is 15.6. The molecule has 1 aromatic carbocycles. The number of nitro groups is 1.